The zero-order chi connectivity index (χ0) is 19.9. The molecule has 2 aromatic rings. The molecule has 0 unspecified atom stereocenters. The first kappa shape index (κ1) is 20.1. The Balaban J connectivity index is 1.92. The van der Waals surface area contributed by atoms with Crippen LogP contribution in [-0.4, -0.2) is 38.9 Å². The summed E-state index contributed by atoms with van der Waals surface area (Å²) in [5.74, 6) is -1.10. The van der Waals surface area contributed by atoms with E-state index in [9.17, 15) is 14.0 Å². The van der Waals surface area contributed by atoms with Crippen molar-refractivity contribution >= 4 is 23.3 Å². The summed E-state index contributed by atoms with van der Waals surface area (Å²) < 4.78 is 17.2. The molecule has 0 radical (unpaired) electrons. The number of amides is 2. The first-order chi connectivity index (χ1) is 13.6. The van der Waals surface area contributed by atoms with E-state index in [1.54, 1.807) is 11.5 Å². The van der Waals surface area contributed by atoms with Gasteiger partial charge in [0.05, 0.1) is 0 Å². The summed E-state index contributed by atoms with van der Waals surface area (Å²) in [6, 6.07) is 4.82. The minimum Gasteiger partial charge on any atom is -0.351 e. The van der Waals surface area contributed by atoms with Crippen molar-refractivity contribution in [2.75, 3.05) is 6.54 Å². The largest absolute Gasteiger partial charge is 0.351 e. The van der Waals surface area contributed by atoms with E-state index in [4.69, 9.17) is 0 Å². The molecular formula is C20H23FN4O2S. The summed E-state index contributed by atoms with van der Waals surface area (Å²) >= 11 is 1.07. The lowest BCUT2D eigenvalue weighted by atomic mass is 9.94. The first-order valence-corrected chi connectivity index (χ1v) is 10.2. The number of aromatic nitrogens is 2. The van der Waals surface area contributed by atoms with Gasteiger partial charge in [0.2, 0.25) is 5.91 Å². The Labute approximate surface area is 167 Å². The zero-order valence-corrected chi connectivity index (χ0v) is 16.3. The van der Waals surface area contributed by atoms with Crippen LogP contribution in [0.2, 0.25) is 0 Å². The molecule has 28 heavy (non-hydrogen) atoms. The number of halogens is 1. The van der Waals surface area contributed by atoms with Gasteiger partial charge in [-0.3, -0.25) is 9.59 Å². The Morgan fingerprint density at radius 2 is 2.00 bits per heavy atom. The van der Waals surface area contributed by atoms with Gasteiger partial charge in [0.25, 0.3) is 5.91 Å². The summed E-state index contributed by atoms with van der Waals surface area (Å²) in [4.78, 5) is 27.6. The second kappa shape index (κ2) is 9.54. The van der Waals surface area contributed by atoms with Crippen molar-refractivity contribution in [3.63, 3.8) is 0 Å². The van der Waals surface area contributed by atoms with E-state index < -0.39 is 17.8 Å². The molecule has 1 N–H and O–H groups in total. The maximum Gasteiger partial charge on any atom is 0.276 e. The molecular weight excluding hydrogens is 379 g/mol. The molecule has 8 heteroatoms. The molecule has 1 fully saturated rings. The lowest BCUT2D eigenvalue weighted by molar-refractivity contribution is -0.126. The van der Waals surface area contributed by atoms with Gasteiger partial charge in [-0.15, -0.1) is 11.7 Å². The van der Waals surface area contributed by atoms with E-state index in [1.807, 2.05) is 0 Å². The van der Waals surface area contributed by atoms with Gasteiger partial charge >= 0.3 is 0 Å². The highest BCUT2D eigenvalue weighted by atomic mass is 32.1. The molecule has 1 heterocycles. The van der Waals surface area contributed by atoms with Crippen molar-refractivity contribution in [2.45, 2.75) is 44.2 Å². The number of nitrogens with one attached hydrogen (secondary N) is 1. The van der Waals surface area contributed by atoms with Gasteiger partial charge in [0, 0.05) is 18.0 Å². The van der Waals surface area contributed by atoms with Gasteiger partial charge in [0.1, 0.15) is 11.9 Å². The van der Waals surface area contributed by atoms with E-state index >= 15 is 0 Å². The number of nitrogens with zero attached hydrogens (tertiary/aromatic N) is 3. The molecule has 1 aromatic heterocycles. The van der Waals surface area contributed by atoms with E-state index in [1.165, 1.54) is 35.6 Å². The highest BCUT2D eigenvalue weighted by Crippen LogP contribution is 2.25. The minimum absolute atomic E-state index is 0.0887. The summed E-state index contributed by atoms with van der Waals surface area (Å²) in [7, 11) is 0. The Morgan fingerprint density at radius 3 is 2.61 bits per heavy atom. The lowest BCUT2D eigenvalue weighted by Crippen LogP contribution is -2.47. The Kier molecular flexibility index (Phi) is 6.86. The number of hydrogen-bond acceptors (Lipinski definition) is 5. The Hall–Kier alpha value is -2.61. The van der Waals surface area contributed by atoms with Crippen LogP contribution in [0.1, 0.15) is 54.2 Å². The molecule has 1 aliphatic rings. The molecule has 1 aliphatic carbocycles. The fourth-order valence-corrected chi connectivity index (χ4v) is 3.92. The van der Waals surface area contributed by atoms with Crippen molar-refractivity contribution < 1.29 is 14.0 Å². The Morgan fingerprint density at radius 1 is 1.29 bits per heavy atom. The average Bonchev–Trinajstić information content (AvgIpc) is 3.24. The van der Waals surface area contributed by atoms with Gasteiger partial charge in [0.15, 0.2) is 5.69 Å². The van der Waals surface area contributed by atoms with E-state index in [0.29, 0.717) is 5.56 Å². The number of benzene rings is 1. The van der Waals surface area contributed by atoms with Gasteiger partial charge in [-0.2, -0.15) is 0 Å². The second-order valence-electron chi connectivity index (χ2n) is 6.83. The number of hydrogen-bond donors (Lipinski definition) is 1. The van der Waals surface area contributed by atoms with Gasteiger partial charge in [-0.1, -0.05) is 42.0 Å². The highest BCUT2D eigenvalue weighted by molar-refractivity contribution is 7.03. The molecule has 2 amide bonds. The van der Waals surface area contributed by atoms with Crippen molar-refractivity contribution in [2.24, 2.45) is 0 Å². The molecule has 3 rings (SSSR count). The molecule has 1 aromatic carbocycles. The Bertz CT molecular complexity index is 804. The normalized spacial score (nSPS) is 15.6. The van der Waals surface area contributed by atoms with Crippen LogP contribution in [0.4, 0.5) is 4.39 Å². The van der Waals surface area contributed by atoms with Crippen LogP contribution in [0.15, 0.2) is 42.3 Å². The third-order valence-electron chi connectivity index (χ3n) is 4.86. The highest BCUT2D eigenvalue weighted by Gasteiger charge is 2.33. The molecule has 0 aliphatic heterocycles. The minimum atomic E-state index is -0.908. The lowest BCUT2D eigenvalue weighted by Gasteiger charge is -2.32. The number of carbonyl (C=O) groups excluding carboxylic acids is 2. The smallest absolute Gasteiger partial charge is 0.276 e. The average molecular weight is 402 g/mol. The second-order valence-corrected chi connectivity index (χ2v) is 7.44. The van der Waals surface area contributed by atoms with Crippen molar-refractivity contribution in [3.05, 3.63) is 59.4 Å². The standard InChI is InChI=1S/C20H23FN4O2S/c1-2-12-25(20(27)17-13-28-24-23-17)18(14-8-10-15(21)11-9-14)19(26)22-16-6-4-3-5-7-16/h2,8-11,13,16,18H,1,3-7,12H2,(H,22,26)/t18-/m1/s1. The summed E-state index contributed by atoms with van der Waals surface area (Å²) in [6.45, 7) is 3.86. The van der Waals surface area contributed by atoms with Crippen LogP contribution in [0.25, 0.3) is 0 Å². The fraction of sp³-hybridized carbons (Fsp3) is 0.400. The van der Waals surface area contributed by atoms with Crippen LogP contribution in [0.3, 0.4) is 0 Å². The van der Waals surface area contributed by atoms with Crippen LogP contribution < -0.4 is 5.32 Å². The SMILES string of the molecule is C=CCN(C(=O)c1csnn1)[C@@H](C(=O)NC1CCCCC1)c1ccc(F)cc1. The monoisotopic (exact) mass is 402 g/mol. The maximum atomic E-state index is 13.4. The zero-order valence-electron chi connectivity index (χ0n) is 15.5. The molecule has 0 bridgehead atoms. The van der Waals surface area contributed by atoms with Crippen LogP contribution in [-0.2, 0) is 4.79 Å². The van der Waals surface area contributed by atoms with Gasteiger partial charge in [-0.05, 0) is 42.1 Å². The summed E-state index contributed by atoms with van der Waals surface area (Å²) in [5, 5.41) is 8.45. The molecule has 0 saturated heterocycles. The van der Waals surface area contributed by atoms with E-state index in [0.717, 1.165) is 37.2 Å². The molecule has 0 spiro atoms. The number of carbonyl (C=O) groups is 2. The molecule has 148 valence electrons. The fourth-order valence-electron chi connectivity index (χ4n) is 3.49. The summed E-state index contributed by atoms with van der Waals surface area (Å²) in [5.41, 5.74) is 0.706. The number of rotatable bonds is 7. The maximum absolute atomic E-state index is 13.4. The summed E-state index contributed by atoms with van der Waals surface area (Å²) in [6.07, 6.45) is 6.73. The van der Waals surface area contributed by atoms with E-state index in [2.05, 4.69) is 21.5 Å². The predicted octanol–water partition coefficient (Wildman–Crippen LogP) is 3.50. The van der Waals surface area contributed by atoms with Crippen molar-refractivity contribution in [1.82, 2.24) is 19.8 Å². The van der Waals surface area contributed by atoms with Crippen molar-refractivity contribution in [1.29, 1.82) is 0 Å². The van der Waals surface area contributed by atoms with E-state index in [-0.39, 0.29) is 24.2 Å². The first-order valence-electron chi connectivity index (χ1n) is 9.35. The van der Waals surface area contributed by atoms with Crippen LogP contribution in [0, 0.1) is 5.82 Å². The van der Waals surface area contributed by atoms with Gasteiger partial charge < -0.3 is 10.2 Å². The molecule has 1 atom stereocenters. The van der Waals surface area contributed by atoms with Gasteiger partial charge in [-0.25, -0.2) is 4.39 Å². The molecule has 6 nitrogen and oxygen atoms in total. The van der Waals surface area contributed by atoms with Crippen LogP contribution in [0.5, 0.6) is 0 Å². The quantitative estimate of drug-likeness (QED) is 0.720. The topological polar surface area (TPSA) is 75.2 Å². The third-order valence-corrected chi connectivity index (χ3v) is 5.37. The third kappa shape index (κ3) is 4.81. The van der Waals surface area contributed by atoms with Crippen LogP contribution >= 0.6 is 11.5 Å². The van der Waals surface area contributed by atoms with Crippen molar-refractivity contribution in [3.8, 4) is 0 Å². The predicted molar refractivity (Wildman–Crippen MR) is 105 cm³/mol. The molecule has 1 saturated carbocycles.